The van der Waals surface area contributed by atoms with Crippen molar-refractivity contribution in [1.82, 2.24) is 0 Å². The second-order valence-electron chi connectivity index (χ2n) is 2.54. The highest BCUT2D eigenvalue weighted by Crippen LogP contribution is 2.21. The van der Waals surface area contributed by atoms with E-state index in [4.69, 9.17) is 23.2 Å². The quantitative estimate of drug-likeness (QED) is 0.554. The molecule has 0 heterocycles. The molecule has 0 saturated heterocycles. The third-order valence-corrected chi connectivity index (χ3v) is 2.12. The van der Waals surface area contributed by atoms with Crippen molar-refractivity contribution in [2.45, 2.75) is 6.42 Å². The highest BCUT2D eigenvalue weighted by Gasteiger charge is 2.08. The van der Waals surface area contributed by atoms with Crippen LogP contribution in [0.3, 0.4) is 0 Å². The third-order valence-electron chi connectivity index (χ3n) is 1.56. The molecule has 0 aliphatic carbocycles. The standard InChI is InChI=1S/C10H8Cl2O/c1-2-3-10(13)8-6-7(11)4-5-9(8)12/h2,4-6H,1,3H2. The van der Waals surface area contributed by atoms with Crippen molar-refractivity contribution < 1.29 is 4.79 Å². The molecule has 0 aliphatic rings. The Balaban J connectivity index is 3.05. The lowest BCUT2D eigenvalue weighted by Crippen LogP contribution is -1.97. The molecule has 0 radical (unpaired) electrons. The number of carbonyl (C=O) groups is 1. The van der Waals surface area contributed by atoms with E-state index in [1.807, 2.05) is 0 Å². The van der Waals surface area contributed by atoms with Gasteiger partial charge in [0.05, 0.1) is 5.02 Å². The van der Waals surface area contributed by atoms with E-state index in [0.717, 1.165) is 0 Å². The molecular weight excluding hydrogens is 207 g/mol. The fourth-order valence-corrected chi connectivity index (χ4v) is 1.35. The zero-order valence-corrected chi connectivity index (χ0v) is 8.40. The molecule has 0 unspecified atom stereocenters. The average molecular weight is 215 g/mol. The molecule has 0 fully saturated rings. The van der Waals surface area contributed by atoms with Crippen molar-refractivity contribution in [2.75, 3.05) is 0 Å². The van der Waals surface area contributed by atoms with Crippen molar-refractivity contribution in [2.24, 2.45) is 0 Å². The largest absolute Gasteiger partial charge is 0.294 e. The maximum Gasteiger partial charge on any atom is 0.168 e. The Labute approximate surface area is 87.0 Å². The van der Waals surface area contributed by atoms with Gasteiger partial charge in [0.25, 0.3) is 0 Å². The topological polar surface area (TPSA) is 17.1 Å². The molecule has 0 aliphatic heterocycles. The van der Waals surface area contributed by atoms with Crippen molar-refractivity contribution >= 4 is 29.0 Å². The van der Waals surface area contributed by atoms with Crippen LogP contribution in [0.25, 0.3) is 0 Å². The van der Waals surface area contributed by atoms with E-state index in [2.05, 4.69) is 6.58 Å². The Morgan fingerprint density at radius 3 is 2.77 bits per heavy atom. The number of halogens is 2. The highest BCUT2D eigenvalue weighted by atomic mass is 35.5. The lowest BCUT2D eigenvalue weighted by atomic mass is 10.1. The van der Waals surface area contributed by atoms with Gasteiger partial charge in [0, 0.05) is 17.0 Å². The second kappa shape index (κ2) is 4.45. The first-order chi connectivity index (χ1) is 6.15. The molecule has 1 nitrogen and oxygen atoms in total. The van der Waals surface area contributed by atoms with E-state index >= 15 is 0 Å². The van der Waals surface area contributed by atoms with Gasteiger partial charge in [-0.25, -0.2) is 0 Å². The SMILES string of the molecule is C=CCC(=O)c1cc(Cl)ccc1Cl. The predicted octanol–water partition coefficient (Wildman–Crippen LogP) is 3.75. The van der Waals surface area contributed by atoms with Gasteiger partial charge in [0.15, 0.2) is 5.78 Å². The summed E-state index contributed by atoms with van der Waals surface area (Å²) in [6.07, 6.45) is 1.82. The number of allylic oxidation sites excluding steroid dienone is 1. The molecule has 13 heavy (non-hydrogen) atoms. The normalized spacial score (nSPS) is 9.69. The van der Waals surface area contributed by atoms with Gasteiger partial charge in [-0.15, -0.1) is 6.58 Å². The Bertz CT molecular complexity index is 345. The van der Waals surface area contributed by atoms with Crippen LogP contribution in [0.5, 0.6) is 0 Å². The number of carbonyl (C=O) groups excluding carboxylic acids is 1. The summed E-state index contributed by atoms with van der Waals surface area (Å²) in [5, 5.41) is 0.938. The fourth-order valence-electron chi connectivity index (χ4n) is 0.952. The van der Waals surface area contributed by atoms with Crippen LogP contribution < -0.4 is 0 Å². The number of hydrogen-bond donors (Lipinski definition) is 0. The molecule has 1 aromatic carbocycles. The van der Waals surface area contributed by atoms with Crippen LogP contribution in [0.15, 0.2) is 30.9 Å². The van der Waals surface area contributed by atoms with Gasteiger partial charge in [0.1, 0.15) is 0 Å². The van der Waals surface area contributed by atoms with Gasteiger partial charge in [-0.1, -0.05) is 29.3 Å². The lowest BCUT2D eigenvalue weighted by molar-refractivity contribution is 0.0996. The third kappa shape index (κ3) is 2.58. The van der Waals surface area contributed by atoms with Crippen LogP contribution in [-0.4, -0.2) is 5.78 Å². The number of hydrogen-bond acceptors (Lipinski definition) is 1. The van der Waals surface area contributed by atoms with Gasteiger partial charge in [0.2, 0.25) is 0 Å². The smallest absolute Gasteiger partial charge is 0.168 e. The maximum atomic E-state index is 11.4. The summed E-state index contributed by atoms with van der Waals surface area (Å²) >= 11 is 11.5. The molecule has 0 aromatic heterocycles. The van der Waals surface area contributed by atoms with Gasteiger partial charge in [-0.2, -0.15) is 0 Å². The van der Waals surface area contributed by atoms with E-state index < -0.39 is 0 Å². The number of ketones is 1. The summed E-state index contributed by atoms with van der Waals surface area (Å²) in [4.78, 5) is 11.4. The summed E-state index contributed by atoms with van der Waals surface area (Å²) < 4.78 is 0. The monoisotopic (exact) mass is 214 g/mol. The van der Waals surface area contributed by atoms with Crippen LogP contribution >= 0.6 is 23.2 Å². The Hall–Kier alpha value is -0.790. The molecule has 3 heteroatoms. The molecule has 1 aromatic rings. The fraction of sp³-hybridized carbons (Fsp3) is 0.100. The zero-order valence-electron chi connectivity index (χ0n) is 6.89. The van der Waals surface area contributed by atoms with Gasteiger partial charge in [-0.05, 0) is 18.2 Å². The highest BCUT2D eigenvalue weighted by molar-refractivity contribution is 6.35. The lowest BCUT2D eigenvalue weighted by Gasteiger charge is -2.01. The second-order valence-corrected chi connectivity index (χ2v) is 3.38. The van der Waals surface area contributed by atoms with Crippen molar-refractivity contribution in [3.8, 4) is 0 Å². The molecule has 1 rings (SSSR count). The van der Waals surface area contributed by atoms with Gasteiger partial charge < -0.3 is 0 Å². The summed E-state index contributed by atoms with van der Waals surface area (Å²) in [6, 6.07) is 4.82. The molecule has 0 bridgehead atoms. The Morgan fingerprint density at radius 1 is 1.46 bits per heavy atom. The molecule has 0 amide bonds. The van der Waals surface area contributed by atoms with Crippen LogP contribution in [-0.2, 0) is 0 Å². The number of rotatable bonds is 3. The van der Waals surface area contributed by atoms with Crippen LogP contribution in [0.4, 0.5) is 0 Å². The summed E-state index contributed by atoms with van der Waals surface area (Å²) in [5.41, 5.74) is 0.453. The predicted molar refractivity (Wildman–Crippen MR) is 55.6 cm³/mol. The van der Waals surface area contributed by atoms with Crippen LogP contribution in [0.1, 0.15) is 16.8 Å². The Morgan fingerprint density at radius 2 is 2.15 bits per heavy atom. The molecule has 68 valence electrons. The van der Waals surface area contributed by atoms with E-state index in [1.54, 1.807) is 24.3 Å². The molecular formula is C10H8Cl2O. The molecule has 0 saturated carbocycles. The molecule has 0 spiro atoms. The average Bonchev–Trinajstić information content (AvgIpc) is 2.09. The van der Waals surface area contributed by atoms with Gasteiger partial charge >= 0.3 is 0 Å². The van der Waals surface area contributed by atoms with E-state index in [-0.39, 0.29) is 12.2 Å². The minimum Gasteiger partial charge on any atom is -0.294 e. The number of Topliss-reactive ketones (excluding diaryl/α,β-unsaturated/α-hetero) is 1. The van der Waals surface area contributed by atoms with Crippen LogP contribution in [0, 0.1) is 0 Å². The first-order valence-electron chi connectivity index (χ1n) is 3.74. The minimum absolute atomic E-state index is 0.0671. The Kier molecular flexibility index (Phi) is 3.52. The van der Waals surface area contributed by atoms with E-state index in [1.165, 1.54) is 0 Å². The number of benzene rings is 1. The van der Waals surface area contributed by atoms with Crippen molar-refractivity contribution in [1.29, 1.82) is 0 Å². The minimum atomic E-state index is -0.0671. The summed E-state index contributed by atoms with van der Waals surface area (Å²) in [6.45, 7) is 3.48. The van der Waals surface area contributed by atoms with Crippen molar-refractivity contribution in [3.63, 3.8) is 0 Å². The first kappa shape index (κ1) is 10.3. The van der Waals surface area contributed by atoms with Crippen LogP contribution in [0.2, 0.25) is 10.0 Å². The summed E-state index contributed by atoms with van der Waals surface area (Å²) in [7, 11) is 0. The zero-order chi connectivity index (χ0) is 9.84. The molecule has 0 atom stereocenters. The summed E-state index contributed by atoms with van der Waals surface area (Å²) in [5.74, 6) is -0.0671. The molecule has 0 N–H and O–H groups in total. The van der Waals surface area contributed by atoms with E-state index in [9.17, 15) is 4.79 Å². The maximum absolute atomic E-state index is 11.4. The van der Waals surface area contributed by atoms with Crippen molar-refractivity contribution in [3.05, 3.63) is 46.5 Å². The van der Waals surface area contributed by atoms with Gasteiger partial charge in [-0.3, -0.25) is 4.79 Å². The van der Waals surface area contributed by atoms with E-state index in [0.29, 0.717) is 15.6 Å². The first-order valence-corrected chi connectivity index (χ1v) is 4.50.